The molecule has 14 nitrogen and oxygen atoms in total. The number of carbonyl (C=O) groups is 1. The van der Waals surface area contributed by atoms with E-state index in [0.29, 0.717) is 103 Å². The molecule has 61 heavy (non-hydrogen) atoms. The number of ether oxygens (including phenoxy) is 7. The van der Waals surface area contributed by atoms with Gasteiger partial charge < -0.3 is 43.6 Å². The first-order valence-corrected chi connectivity index (χ1v) is 22.4. The van der Waals surface area contributed by atoms with Crippen LogP contribution in [-0.2, 0) is 61.0 Å². The van der Waals surface area contributed by atoms with Crippen LogP contribution in [0.2, 0.25) is 0 Å². The molecule has 0 bridgehead atoms. The Bertz CT molecular complexity index is 1990. The highest BCUT2D eigenvalue weighted by atomic mass is 32.2. The summed E-state index contributed by atoms with van der Waals surface area (Å²) in [4.78, 5) is 16.3. The van der Waals surface area contributed by atoms with E-state index < -0.39 is 28.3 Å². The Morgan fingerprint density at radius 1 is 0.705 bits per heavy atom. The molecule has 3 N–H and O–H groups in total. The van der Waals surface area contributed by atoms with Gasteiger partial charge in [-0.15, -0.1) is 0 Å². The van der Waals surface area contributed by atoms with Crippen LogP contribution in [0, 0.1) is 6.92 Å². The number of amides is 1. The van der Waals surface area contributed by atoms with Gasteiger partial charge in [-0.3, -0.25) is 9.69 Å². The lowest BCUT2D eigenvalue weighted by Gasteiger charge is -2.38. The van der Waals surface area contributed by atoms with Crippen LogP contribution in [0.25, 0.3) is 0 Å². The van der Waals surface area contributed by atoms with Crippen molar-refractivity contribution < 1.29 is 51.5 Å². The lowest BCUT2D eigenvalue weighted by molar-refractivity contribution is -0.253. The zero-order valence-corrected chi connectivity index (χ0v) is 35.6. The first kappa shape index (κ1) is 46.4. The molecule has 0 aromatic heterocycles. The third-order valence-electron chi connectivity index (χ3n) is 10.3. The quantitative estimate of drug-likeness (QED) is 0.176. The molecule has 2 fully saturated rings. The molecular weight excluding hydrogens is 803 g/mol. The molecule has 1 unspecified atom stereocenters. The third-order valence-corrected chi connectivity index (χ3v) is 11.8. The van der Waals surface area contributed by atoms with Crippen LogP contribution in [0.3, 0.4) is 0 Å². The largest absolute Gasteiger partial charge is 0.392 e. The number of hydrogen-bond acceptors (Lipinski definition) is 12. The summed E-state index contributed by atoms with van der Waals surface area (Å²) in [6.07, 6.45) is -0.712. The summed E-state index contributed by atoms with van der Waals surface area (Å²) in [6, 6.07) is 29.6. The van der Waals surface area contributed by atoms with E-state index in [0.717, 1.165) is 22.3 Å². The van der Waals surface area contributed by atoms with Crippen LogP contribution in [-0.4, -0.2) is 122 Å². The van der Waals surface area contributed by atoms with E-state index in [1.807, 2.05) is 67.6 Å². The fourth-order valence-corrected chi connectivity index (χ4v) is 8.18. The number of nitrogens with one attached hydrogen (secondary N) is 2. The summed E-state index contributed by atoms with van der Waals surface area (Å²) in [5.74, 6) is -0.516. The minimum Gasteiger partial charge on any atom is -0.392 e. The summed E-state index contributed by atoms with van der Waals surface area (Å²) >= 11 is 0. The molecule has 2 aliphatic heterocycles. The summed E-state index contributed by atoms with van der Waals surface area (Å²) in [5, 5.41) is 12.7. The summed E-state index contributed by atoms with van der Waals surface area (Å²) in [6.45, 7) is 8.52. The fourth-order valence-electron chi connectivity index (χ4n) is 6.99. The van der Waals surface area contributed by atoms with E-state index in [2.05, 4.69) is 14.9 Å². The normalized spacial score (nSPS) is 21.4. The second kappa shape index (κ2) is 24.5. The Kier molecular flexibility index (Phi) is 18.6. The molecule has 6 rings (SSSR count). The highest BCUT2D eigenvalue weighted by Gasteiger charge is 2.34. The van der Waals surface area contributed by atoms with Gasteiger partial charge in [-0.2, -0.15) is 4.72 Å². The van der Waals surface area contributed by atoms with Gasteiger partial charge >= 0.3 is 0 Å². The molecule has 0 spiro atoms. The van der Waals surface area contributed by atoms with Crippen molar-refractivity contribution in [2.24, 2.45) is 0 Å². The maximum Gasteiger partial charge on any atom is 0.242 e. The Hall–Kier alpha value is -4.10. The molecule has 2 heterocycles. The number of aryl methyl sites for hydroxylation is 1. The van der Waals surface area contributed by atoms with Gasteiger partial charge in [0.2, 0.25) is 15.9 Å². The lowest BCUT2D eigenvalue weighted by atomic mass is 9.99. The minimum absolute atomic E-state index is 0.0654. The number of benzene rings is 4. The summed E-state index contributed by atoms with van der Waals surface area (Å²) in [7, 11) is -4.03. The van der Waals surface area contributed by atoms with Gasteiger partial charge in [0.05, 0.1) is 89.8 Å². The average Bonchev–Trinajstić information content (AvgIpc) is 3.27. The van der Waals surface area contributed by atoms with Gasteiger partial charge in [0.25, 0.3) is 0 Å². The van der Waals surface area contributed by atoms with Crippen molar-refractivity contribution in [3.63, 3.8) is 0 Å². The first-order chi connectivity index (χ1) is 29.8. The number of anilines is 1. The lowest BCUT2D eigenvalue weighted by Crippen LogP contribution is -2.45. The molecule has 15 heteroatoms. The van der Waals surface area contributed by atoms with E-state index in [4.69, 9.17) is 33.2 Å². The molecule has 2 aliphatic rings. The molecule has 0 saturated carbocycles. The maximum absolute atomic E-state index is 14.0. The predicted molar refractivity (Wildman–Crippen MR) is 229 cm³/mol. The standard InChI is InChI=1S/C46H59N3O11S/c1-35-10-16-42(17-11-35)61(52,53)48-43(30-36-6-3-2-4-7-36)45(51)47-40-9-5-8-39(31-40)46-59-41(32-44(60-46)38-14-12-37(34-50)13-15-38)33-49-18-20-54-22-24-56-26-28-58-29-27-57-25-23-55-21-19-49/h2-17,31,41,43-44,46,48,50H,18-30,32-34H2,1H3,(H,47,51)/t41-,43+,44+,46?/m0/s1. The van der Waals surface area contributed by atoms with Crippen molar-refractivity contribution in [3.05, 3.63) is 131 Å². The number of rotatable bonds is 12. The van der Waals surface area contributed by atoms with Gasteiger partial charge in [-0.25, -0.2) is 8.42 Å². The smallest absolute Gasteiger partial charge is 0.242 e. The van der Waals surface area contributed by atoms with Crippen LogP contribution >= 0.6 is 0 Å². The monoisotopic (exact) mass is 861 g/mol. The zero-order valence-electron chi connectivity index (χ0n) is 34.8. The third kappa shape index (κ3) is 15.3. The highest BCUT2D eigenvalue weighted by Crippen LogP contribution is 2.38. The number of sulfonamides is 1. The zero-order chi connectivity index (χ0) is 42.7. The van der Waals surface area contributed by atoms with E-state index >= 15 is 0 Å². The van der Waals surface area contributed by atoms with Crippen molar-refractivity contribution in [2.75, 3.05) is 91.0 Å². The Morgan fingerprint density at radius 3 is 1.92 bits per heavy atom. The molecule has 4 aromatic rings. The second-order valence-corrected chi connectivity index (χ2v) is 16.7. The van der Waals surface area contributed by atoms with Crippen LogP contribution in [0.4, 0.5) is 5.69 Å². The highest BCUT2D eigenvalue weighted by molar-refractivity contribution is 7.89. The van der Waals surface area contributed by atoms with E-state index in [-0.39, 0.29) is 30.1 Å². The van der Waals surface area contributed by atoms with Gasteiger partial charge in [0.15, 0.2) is 6.29 Å². The van der Waals surface area contributed by atoms with Crippen LogP contribution in [0.1, 0.15) is 46.6 Å². The van der Waals surface area contributed by atoms with Gasteiger partial charge in [0, 0.05) is 37.3 Å². The first-order valence-electron chi connectivity index (χ1n) is 20.9. The molecule has 1 amide bonds. The molecule has 330 valence electrons. The molecular formula is C46H59N3O11S. The molecule has 0 radical (unpaired) electrons. The van der Waals surface area contributed by atoms with Crippen LogP contribution in [0.15, 0.2) is 108 Å². The average molecular weight is 862 g/mol. The number of carbonyl (C=O) groups excluding carboxylic acids is 1. The Balaban J connectivity index is 1.18. The van der Waals surface area contributed by atoms with Gasteiger partial charge in [-0.1, -0.05) is 84.4 Å². The van der Waals surface area contributed by atoms with Crippen LogP contribution in [0.5, 0.6) is 0 Å². The van der Waals surface area contributed by atoms with Gasteiger partial charge in [-0.05, 0) is 54.3 Å². The van der Waals surface area contributed by atoms with Gasteiger partial charge in [0.1, 0.15) is 6.04 Å². The molecule has 0 aliphatic carbocycles. The minimum atomic E-state index is -4.03. The Labute approximate surface area is 359 Å². The molecule has 4 aromatic carbocycles. The summed E-state index contributed by atoms with van der Waals surface area (Å²) < 4.78 is 71.7. The number of aliphatic hydroxyl groups is 1. The predicted octanol–water partition coefficient (Wildman–Crippen LogP) is 4.96. The number of nitrogens with zero attached hydrogens (tertiary/aromatic N) is 1. The van der Waals surface area contributed by atoms with Crippen molar-refractivity contribution in [1.82, 2.24) is 9.62 Å². The van der Waals surface area contributed by atoms with Crippen molar-refractivity contribution >= 4 is 21.6 Å². The van der Waals surface area contributed by atoms with E-state index in [9.17, 15) is 18.3 Å². The van der Waals surface area contributed by atoms with Crippen LogP contribution < -0.4 is 10.0 Å². The fraction of sp³-hybridized carbons (Fsp3) is 0.457. The number of aliphatic hydroxyl groups excluding tert-OH is 1. The van der Waals surface area contributed by atoms with Crippen molar-refractivity contribution in [3.8, 4) is 0 Å². The van der Waals surface area contributed by atoms with E-state index in [1.165, 1.54) is 12.1 Å². The molecule has 2 saturated heterocycles. The van der Waals surface area contributed by atoms with Crippen molar-refractivity contribution in [1.29, 1.82) is 0 Å². The SMILES string of the molecule is Cc1ccc(S(=O)(=O)N[C@H](Cc2ccccc2)C(=O)Nc2cccc(C3O[C@H](CN4CCOCCOCCOCCOCCOCC4)C[C@H](c4ccc(CO)cc4)O3)c2)cc1. The number of hydrogen-bond donors (Lipinski definition) is 3. The summed E-state index contributed by atoms with van der Waals surface area (Å²) in [5.41, 5.74) is 4.59. The Morgan fingerprint density at radius 2 is 1.31 bits per heavy atom. The van der Waals surface area contributed by atoms with Crippen molar-refractivity contribution in [2.45, 2.75) is 55.8 Å². The van der Waals surface area contributed by atoms with E-state index in [1.54, 1.807) is 30.3 Å². The maximum atomic E-state index is 14.0. The second-order valence-electron chi connectivity index (χ2n) is 15.0. The molecule has 4 atom stereocenters. The topological polar surface area (TPSA) is 163 Å².